The van der Waals surface area contributed by atoms with Crippen LogP contribution in [0.4, 0.5) is 4.39 Å². The minimum Gasteiger partial charge on any atom is -0.396 e. The molecule has 0 bridgehead atoms. The number of nitrogens with zero attached hydrogens (tertiary/aromatic N) is 2. The van der Waals surface area contributed by atoms with Gasteiger partial charge in [-0.3, -0.25) is 4.98 Å². The standard InChI is InChI=1S/C20H19FN2O2/c1-14-17(6-11-25-23-9-10-24)20-13-16(21)2-3-18(20)19(14)12-15-4-7-22-8-5-15/h2-5,7-9,12-13,24H,6,10-11H2,1H3. The highest BCUT2D eigenvalue weighted by Gasteiger charge is 2.24. The van der Waals surface area contributed by atoms with E-state index in [4.69, 9.17) is 9.94 Å². The first-order valence-electron chi connectivity index (χ1n) is 8.07. The number of aliphatic hydroxyl groups is 1. The van der Waals surface area contributed by atoms with Crippen LogP contribution in [0.3, 0.4) is 0 Å². The molecule has 1 N–H and O–H groups in total. The number of pyridine rings is 1. The molecular formula is C20H19FN2O2. The van der Waals surface area contributed by atoms with Gasteiger partial charge < -0.3 is 9.94 Å². The maximum atomic E-state index is 13.8. The van der Waals surface area contributed by atoms with Crippen LogP contribution in [0.5, 0.6) is 0 Å². The van der Waals surface area contributed by atoms with Crippen LogP contribution in [0.2, 0.25) is 0 Å². The fourth-order valence-corrected chi connectivity index (χ4v) is 2.99. The molecule has 128 valence electrons. The zero-order valence-corrected chi connectivity index (χ0v) is 13.9. The number of aliphatic hydroxyl groups excluding tert-OH is 1. The second-order valence-corrected chi connectivity index (χ2v) is 5.69. The van der Waals surface area contributed by atoms with Crippen LogP contribution in [0, 0.1) is 5.82 Å². The van der Waals surface area contributed by atoms with E-state index in [0.29, 0.717) is 13.0 Å². The average Bonchev–Trinajstić information content (AvgIpc) is 2.87. The molecule has 0 fully saturated rings. The summed E-state index contributed by atoms with van der Waals surface area (Å²) in [4.78, 5) is 9.17. The summed E-state index contributed by atoms with van der Waals surface area (Å²) in [6, 6.07) is 8.75. The Morgan fingerprint density at radius 2 is 2.00 bits per heavy atom. The smallest absolute Gasteiger partial charge is 0.123 e. The van der Waals surface area contributed by atoms with Crippen molar-refractivity contribution in [1.29, 1.82) is 0 Å². The molecule has 2 aromatic rings. The van der Waals surface area contributed by atoms with Gasteiger partial charge in [-0.2, -0.15) is 0 Å². The fourth-order valence-electron chi connectivity index (χ4n) is 2.99. The SMILES string of the molecule is CC1=C(CCON=CCO)c2cc(F)ccc2C1=Cc1ccncc1. The summed E-state index contributed by atoms with van der Waals surface area (Å²) in [5, 5.41) is 12.3. The largest absolute Gasteiger partial charge is 0.396 e. The third-order valence-corrected chi connectivity index (χ3v) is 4.14. The molecule has 0 amide bonds. The lowest BCUT2D eigenvalue weighted by molar-refractivity contribution is 0.150. The highest BCUT2D eigenvalue weighted by atomic mass is 19.1. The van der Waals surface area contributed by atoms with Crippen molar-refractivity contribution in [2.75, 3.05) is 13.2 Å². The van der Waals surface area contributed by atoms with E-state index in [9.17, 15) is 4.39 Å². The first kappa shape index (κ1) is 17.0. The predicted molar refractivity (Wildman–Crippen MR) is 97.2 cm³/mol. The van der Waals surface area contributed by atoms with Gasteiger partial charge in [0, 0.05) is 18.8 Å². The van der Waals surface area contributed by atoms with Crippen LogP contribution in [0.1, 0.15) is 30.0 Å². The monoisotopic (exact) mass is 338 g/mol. The molecule has 25 heavy (non-hydrogen) atoms. The average molecular weight is 338 g/mol. The van der Waals surface area contributed by atoms with Gasteiger partial charge in [0.2, 0.25) is 0 Å². The number of benzene rings is 1. The molecule has 1 aliphatic carbocycles. The second kappa shape index (κ2) is 7.85. The van der Waals surface area contributed by atoms with Crippen molar-refractivity contribution in [3.05, 3.63) is 70.8 Å². The van der Waals surface area contributed by atoms with E-state index in [0.717, 1.165) is 33.4 Å². The molecule has 1 heterocycles. The Bertz CT molecular complexity index is 842. The molecule has 1 aliphatic rings. The van der Waals surface area contributed by atoms with Gasteiger partial charge in [0.05, 0.1) is 12.8 Å². The van der Waals surface area contributed by atoms with Crippen molar-refractivity contribution in [3.8, 4) is 0 Å². The molecule has 0 saturated heterocycles. The molecule has 0 aliphatic heterocycles. The molecule has 0 atom stereocenters. The van der Waals surface area contributed by atoms with E-state index in [2.05, 4.69) is 16.2 Å². The molecule has 3 rings (SSSR count). The van der Waals surface area contributed by atoms with Crippen LogP contribution in [-0.4, -0.2) is 29.5 Å². The van der Waals surface area contributed by atoms with E-state index in [1.54, 1.807) is 18.5 Å². The van der Waals surface area contributed by atoms with Crippen LogP contribution in [0.25, 0.3) is 17.2 Å². The zero-order valence-electron chi connectivity index (χ0n) is 13.9. The Balaban J connectivity index is 1.94. The quantitative estimate of drug-likeness (QED) is 0.493. The number of aromatic nitrogens is 1. The molecule has 1 aromatic heterocycles. The number of fused-ring (bicyclic) bond motifs is 1. The van der Waals surface area contributed by atoms with Crippen LogP contribution >= 0.6 is 0 Å². The van der Waals surface area contributed by atoms with Crippen molar-refractivity contribution in [1.82, 2.24) is 4.98 Å². The molecule has 0 saturated carbocycles. The summed E-state index contributed by atoms with van der Waals surface area (Å²) in [7, 11) is 0. The van der Waals surface area contributed by atoms with E-state index < -0.39 is 0 Å². The summed E-state index contributed by atoms with van der Waals surface area (Å²) < 4.78 is 13.8. The van der Waals surface area contributed by atoms with E-state index in [1.165, 1.54) is 12.3 Å². The lowest BCUT2D eigenvalue weighted by atomic mass is 10.0. The van der Waals surface area contributed by atoms with Gasteiger partial charge in [0.15, 0.2) is 0 Å². The molecule has 5 heteroatoms. The number of rotatable bonds is 6. The number of allylic oxidation sites excluding steroid dienone is 2. The molecule has 1 aromatic carbocycles. The summed E-state index contributed by atoms with van der Waals surface area (Å²) >= 11 is 0. The normalized spacial score (nSPS) is 15.2. The predicted octanol–water partition coefficient (Wildman–Crippen LogP) is 3.93. The van der Waals surface area contributed by atoms with E-state index >= 15 is 0 Å². The Morgan fingerprint density at radius 3 is 2.76 bits per heavy atom. The summed E-state index contributed by atoms with van der Waals surface area (Å²) in [6.45, 7) is 2.24. The summed E-state index contributed by atoms with van der Waals surface area (Å²) in [5.74, 6) is -0.256. The lowest BCUT2D eigenvalue weighted by Gasteiger charge is -2.05. The molecular weight excluding hydrogens is 319 g/mol. The Labute approximate surface area is 146 Å². The van der Waals surface area contributed by atoms with Gasteiger partial charge in [0.25, 0.3) is 0 Å². The van der Waals surface area contributed by atoms with Gasteiger partial charge in [-0.05, 0) is 70.7 Å². The van der Waals surface area contributed by atoms with Gasteiger partial charge in [-0.15, -0.1) is 0 Å². The van der Waals surface area contributed by atoms with Crippen molar-refractivity contribution in [3.63, 3.8) is 0 Å². The number of oxime groups is 1. The topological polar surface area (TPSA) is 54.7 Å². The van der Waals surface area contributed by atoms with E-state index in [1.807, 2.05) is 25.1 Å². The van der Waals surface area contributed by atoms with Crippen LogP contribution < -0.4 is 0 Å². The van der Waals surface area contributed by atoms with Gasteiger partial charge in [0.1, 0.15) is 12.4 Å². The maximum Gasteiger partial charge on any atom is 0.123 e. The number of hydrogen-bond acceptors (Lipinski definition) is 4. The molecule has 4 nitrogen and oxygen atoms in total. The Hall–Kier alpha value is -2.79. The number of hydrogen-bond donors (Lipinski definition) is 1. The zero-order chi connectivity index (χ0) is 17.6. The first-order chi connectivity index (χ1) is 12.2. The van der Waals surface area contributed by atoms with Crippen molar-refractivity contribution in [2.45, 2.75) is 13.3 Å². The molecule has 0 spiro atoms. The van der Waals surface area contributed by atoms with Crippen LogP contribution in [-0.2, 0) is 4.84 Å². The van der Waals surface area contributed by atoms with Crippen molar-refractivity contribution < 1.29 is 14.3 Å². The first-order valence-corrected chi connectivity index (χ1v) is 8.07. The summed E-state index contributed by atoms with van der Waals surface area (Å²) in [5.41, 5.74) is 6.19. The third-order valence-electron chi connectivity index (χ3n) is 4.14. The van der Waals surface area contributed by atoms with Crippen molar-refractivity contribution >= 4 is 23.4 Å². The highest BCUT2D eigenvalue weighted by Crippen LogP contribution is 2.43. The van der Waals surface area contributed by atoms with Gasteiger partial charge >= 0.3 is 0 Å². The Kier molecular flexibility index (Phi) is 5.36. The molecule has 0 radical (unpaired) electrons. The minimum atomic E-state index is -0.256. The number of halogens is 1. The van der Waals surface area contributed by atoms with Gasteiger partial charge in [-0.25, -0.2) is 4.39 Å². The highest BCUT2D eigenvalue weighted by molar-refractivity contribution is 6.05. The third kappa shape index (κ3) is 3.83. The molecule has 0 unspecified atom stereocenters. The Morgan fingerprint density at radius 1 is 1.20 bits per heavy atom. The fraction of sp³-hybridized carbons (Fsp3) is 0.200. The van der Waals surface area contributed by atoms with Crippen LogP contribution in [0.15, 0.2) is 53.5 Å². The lowest BCUT2D eigenvalue weighted by Crippen LogP contribution is -1.94. The second-order valence-electron chi connectivity index (χ2n) is 5.69. The maximum absolute atomic E-state index is 13.8. The van der Waals surface area contributed by atoms with Crippen molar-refractivity contribution in [2.24, 2.45) is 5.16 Å². The van der Waals surface area contributed by atoms with E-state index in [-0.39, 0.29) is 12.4 Å². The van der Waals surface area contributed by atoms with Gasteiger partial charge in [-0.1, -0.05) is 11.2 Å². The minimum absolute atomic E-state index is 0.158. The summed E-state index contributed by atoms with van der Waals surface area (Å²) in [6.07, 6.45) is 7.49.